The molecule has 0 spiro atoms. The van der Waals surface area contributed by atoms with Gasteiger partial charge in [-0.25, -0.2) is 14.8 Å². The number of aliphatic carboxylic acids is 1. The molecule has 0 aliphatic carbocycles. The molecule has 0 bridgehead atoms. The second-order valence-electron chi connectivity index (χ2n) is 5.57. The van der Waals surface area contributed by atoms with E-state index in [1.54, 1.807) is 6.07 Å². The Kier molecular flexibility index (Phi) is 9.26. The Balaban J connectivity index is 0.00000233. The zero-order chi connectivity index (χ0) is 23.6. The molecule has 1 amide bonds. The van der Waals surface area contributed by atoms with Crippen LogP contribution in [0.4, 0.5) is 13.2 Å². The van der Waals surface area contributed by atoms with E-state index in [0.717, 1.165) is 24.5 Å². The van der Waals surface area contributed by atoms with Gasteiger partial charge >= 0.3 is 12.1 Å². The number of carboxylic acids is 1. The first-order chi connectivity index (χ1) is 14.7. The first kappa shape index (κ1) is 25.2. The molecule has 2 N–H and O–H groups in total. The zero-order valence-corrected chi connectivity index (χ0v) is 16.9. The topological polar surface area (TPSA) is 105 Å². The smallest absolute Gasteiger partial charge is 0.451 e. The molecule has 10 heteroatoms. The number of hydrogen-bond acceptors (Lipinski definition) is 5. The fourth-order valence-electron chi connectivity index (χ4n) is 2.26. The summed E-state index contributed by atoms with van der Waals surface area (Å²) >= 11 is 0. The van der Waals surface area contributed by atoms with Gasteiger partial charge in [0.1, 0.15) is 0 Å². The minimum absolute atomic E-state index is 0.0111. The van der Waals surface area contributed by atoms with Crippen LogP contribution < -0.4 is 5.32 Å². The highest BCUT2D eigenvalue weighted by Crippen LogP contribution is 2.26. The Morgan fingerprint density at radius 1 is 1.10 bits per heavy atom. The molecule has 31 heavy (non-hydrogen) atoms. The number of hydrogen-bond donors (Lipinski definition) is 2. The SMILES string of the molecule is C=C/C(C(=O)O)=C(\C=C)C(=O)NCc1ccnc(-c2cnc(C(F)(F)F)nc2)c1.CC. The van der Waals surface area contributed by atoms with Crippen LogP contribution >= 0.6 is 0 Å². The third-order valence-corrected chi connectivity index (χ3v) is 3.65. The van der Waals surface area contributed by atoms with E-state index in [4.69, 9.17) is 5.11 Å². The second-order valence-corrected chi connectivity index (χ2v) is 5.57. The van der Waals surface area contributed by atoms with Crippen LogP contribution in [-0.2, 0) is 22.3 Å². The number of nitrogens with zero attached hydrogens (tertiary/aromatic N) is 3. The Morgan fingerprint density at radius 2 is 1.68 bits per heavy atom. The number of nitrogens with one attached hydrogen (secondary N) is 1. The summed E-state index contributed by atoms with van der Waals surface area (Å²) < 4.78 is 37.7. The van der Waals surface area contributed by atoms with Crippen molar-refractivity contribution in [3.8, 4) is 11.3 Å². The lowest BCUT2D eigenvalue weighted by Gasteiger charge is -2.09. The molecule has 0 aliphatic rings. The van der Waals surface area contributed by atoms with Gasteiger partial charge in [0.15, 0.2) is 0 Å². The summed E-state index contributed by atoms with van der Waals surface area (Å²) in [6.45, 7) is 10.8. The van der Waals surface area contributed by atoms with Crippen molar-refractivity contribution in [2.24, 2.45) is 0 Å². The van der Waals surface area contributed by atoms with Gasteiger partial charge in [-0.1, -0.05) is 39.2 Å². The molecule has 0 radical (unpaired) electrons. The number of carbonyl (C=O) groups is 2. The van der Waals surface area contributed by atoms with Crippen LogP contribution in [0.25, 0.3) is 11.3 Å². The summed E-state index contributed by atoms with van der Waals surface area (Å²) in [5.74, 6) is -3.25. The highest BCUT2D eigenvalue weighted by molar-refractivity contribution is 6.05. The molecule has 0 saturated heterocycles. The molecule has 0 atom stereocenters. The van der Waals surface area contributed by atoms with E-state index < -0.39 is 23.9 Å². The molecule has 7 nitrogen and oxygen atoms in total. The molecule has 2 aromatic rings. The van der Waals surface area contributed by atoms with Crippen LogP contribution in [0.2, 0.25) is 0 Å². The fraction of sp³-hybridized carbons (Fsp3) is 0.190. The standard InChI is InChI=1S/C19H15F3N4O3.C2H6/c1-3-13(14(4-2)17(28)29)16(27)24-8-11-5-6-23-15(7-11)12-9-25-18(26-10-12)19(20,21)22;1-2/h3-7,9-10H,1-2,8H2,(H,24,27)(H,28,29);1-2H3/b14-13-;. The zero-order valence-electron chi connectivity index (χ0n) is 16.9. The highest BCUT2D eigenvalue weighted by atomic mass is 19.4. The van der Waals surface area contributed by atoms with Crippen molar-refractivity contribution in [2.45, 2.75) is 26.6 Å². The van der Waals surface area contributed by atoms with Crippen molar-refractivity contribution >= 4 is 11.9 Å². The molecule has 0 aliphatic heterocycles. The maximum absolute atomic E-state index is 12.6. The van der Waals surface area contributed by atoms with Crippen molar-refractivity contribution in [2.75, 3.05) is 0 Å². The van der Waals surface area contributed by atoms with Crippen molar-refractivity contribution in [1.82, 2.24) is 20.3 Å². The molecule has 2 heterocycles. The maximum atomic E-state index is 12.6. The van der Waals surface area contributed by atoms with Crippen molar-refractivity contribution in [1.29, 1.82) is 0 Å². The number of aromatic nitrogens is 3. The van der Waals surface area contributed by atoms with Crippen molar-refractivity contribution < 1.29 is 27.9 Å². The molecular weight excluding hydrogens is 413 g/mol. The van der Waals surface area contributed by atoms with Crippen LogP contribution in [0.15, 0.2) is 67.2 Å². The minimum Gasteiger partial charge on any atom is -0.478 e. The third-order valence-electron chi connectivity index (χ3n) is 3.65. The van der Waals surface area contributed by atoms with Gasteiger partial charge in [0.2, 0.25) is 5.82 Å². The van der Waals surface area contributed by atoms with E-state index in [9.17, 15) is 22.8 Å². The predicted molar refractivity (Wildman–Crippen MR) is 109 cm³/mol. The number of halogens is 3. The quantitative estimate of drug-likeness (QED) is 0.505. The minimum atomic E-state index is -4.64. The van der Waals surface area contributed by atoms with Gasteiger partial charge in [0, 0.05) is 30.7 Å². The Labute approximate surface area is 177 Å². The van der Waals surface area contributed by atoms with E-state index in [-0.39, 0.29) is 23.3 Å². The van der Waals surface area contributed by atoms with E-state index in [0.29, 0.717) is 11.3 Å². The lowest BCUT2D eigenvalue weighted by molar-refractivity contribution is -0.145. The van der Waals surface area contributed by atoms with Crippen molar-refractivity contribution in [3.63, 3.8) is 0 Å². The average Bonchev–Trinajstić information content (AvgIpc) is 2.76. The molecule has 0 saturated carbocycles. The molecule has 0 unspecified atom stereocenters. The lowest BCUT2D eigenvalue weighted by Crippen LogP contribution is -2.25. The molecule has 164 valence electrons. The summed E-state index contributed by atoms with van der Waals surface area (Å²) in [7, 11) is 0. The average molecular weight is 434 g/mol. The van der Waals surface area contributed by atoms with Crippen LogP contribution in [0.1, 0.15) is 25.2 Å². The van der Waals surface area contributed by atoms with Crippen LogP contribution in [0, 0.1) is 0 Å². The van der Waals surface area contributed by atoms with Gasteiger partial charge in [-0.2, -0.15) is 13.2 Å². The van der Waals surface area contributed by atoms with E-state index in [1.807, 2.05) is 13.8 Å². The molecule has 2 aromatic heterocycles. The number of carboxylic acid groups (broad SMARTS) is 1. The monoisotopic (exact) mass is 434 g/mol. The Bertz CT molecular complexity index is 984. The molecule has 0 fully saturated rings. The molecule has 2 rings (SSSR count). The van der Waals surface area contributed by atoms with Gasteiger partial charge in [-0.05, 0) is 17.7 Å². The summed E-state index contributed by atoms with van der Waals surface area (Å²) in [5.41, 5.74) is 0.690. The van der Waals surface area contributed by atoms with Crippen LogP contribution in [-0.4, -0.2) is 31.9 Å². The summed E-state index contributed by atoms with van der Waals surface area (Å²) in [6.07, 6.45) is 0.913. The maximum Gasteiger partial charge on any atom is 0.451 e. The number of amides is 1. The normalized spacial score (nSPS) is 11.4. The summed E-state index contributed by atoms with van der Waals surface area (Å²) in [4.78, 5) is 34.0. The summed E-state index contributed by atoms with van der Waals surface area (Å²) in [5, 5.41) is 11.6. The Hall–Kier alpha value is -3.82. The number of rotatable bonds is 7. The number of pyridine rings is 1. The first-order valence-electron chi connectivity index (χ1n) is 9.02. The first-order valence-corrected chi connectivity index (χ1v) is 9.02. The highest BCUT2D eigenvalue weighted by Gasteiger charge is 2.34. The van der Waals surface area contributed by atoms with Crippen LogP contribution in [0.3, 0.4) is 0 Å². The fourth-order valence-corrected chi connectivity index (χ4v) is 2.26. The van der Waals surface area contributed by atoms with E-state index in [1.165, 1.54) is 12.3 Å². The van der Waals surface area contributed by atoms with Gasteiger partial charge in [0.05, 0.1) is 16.8 Å². The second kappa shape index (κ2) is 11.4. The van der Waals surface area contributed by atoms with Gasteiger partial charge in [-0.3, -0.25) is 9.78 Å². The summed E-state index contributed by atoms with van der Waals surface area (Å²) in [6, 6.07) is 3.12. The predicted octanol–water partition coefficient (Wildman–Crippen LogP) is 3.95. The van der Waals surface area contributed by atoms with Gasteiger partial charge in [0.25, 0.3) is 5.91 Å². The number of alkyl halides is 3. The van der Waals surface area contributed by atoms with Crippen LogP contribution in [0.5, 0.6) is 0 Å². The van der Waals surface area contributed by atoms with Crippen molar-refractivity contribution in [3.05, 3.63) is 78.6 Å². The largest absolute Gasteiger partial charge is 0.478 e. The van der Waals surface area contributed by atoms with Gasteiger partial charge < -0.3 is 10.4 Å². The Morgan fingerprint density at radius 3 is 2.16 bits per heavy atom. The van der Waals surface area contributed by atoms with E-state index >= 15 is 0 Å². The number of carbonyl (C=O) groups excluding carboxylic acids is 1. The molecule has 0 aromatic carbocycles. The lowest BCUT2D eigenvalue weighted by atomic mass is 10.1. The molecular formula is C21H21F3N4O3. The van der Waals surface area contributed by atoms with Gasteiger partial charge in [-0.15, -0.1) is 0 Å². The van der Waals surface area contributed by atoms with E-state index in [2.05, 4.69) is 33.4 Å². The third kappa shape index (κ3) is 6.88.